The van der Waals surface area contributed by atoms with Crippen molar-refractivity contribution in [2.75, 3.05) is 0 Å². The minimum atomic E-state index is -0.222. The lowest BCUT2D eigenvalue weighted by Crippen LogP contribution is -2.20. The largest absolute Gasteiger partial charge is 0.275 e. The zero-order valence-electron chi connectivity index (χ0n) is 16.6. The van der Waals surface area contributed by atoms with Gasteiger partial charge in [0.05, 0.1) is 11.3 Å². The van der Waals surface area contributed by atoms with E-state index in [2.05, 4.69) is 10.5 Å². The summed E-state index contributed by atoms with van der Waals surface area (Å²) in [6.45, 7) is 0. The third kappa shape index (κ3) is 4.80. The van der Waals surface area contributed by atoms with Gasteiger partial charge in [-0.15, -0.1) is 0 Å². The van der Waals surface area contributed by atoms with E-state index in [0.29, 0.717) is 11.3 Å². The number of rotatable bonds is 4. The first kappa shape index (κ1) is 19.1. The van der Waals surface area contributed by atoms with Crippen molar-refractivity contribution in [3.63, 3.8) is 0 Å². The second kappa shape index (κ2) is 9.32. The molecule has 29 heavy (non-hydrogen) atoms. The van der Waals surface area contributed by atoms with Crippen molar-refractivity contribution in [2.45, 2.75) is 44.9 Å². The topological polar surface area (TPSA) is 59.3 Å². The minimum Gasteiger partial charge on any atom is -0.267 e. The summed E-state index contributed by atoms with van der Waals surface area (Å²) >= 11 is 0. The summed E-state index contributed by atoms with van der Waals surface area (Å²) < 4.78 is 1.75. The van der Waals surface area contributed by atoms with E-state index in [1.165, 1.54) is 19.3 Å². The lowest BCUT2D eigenvalue weighted by molar-refractivity contribution is 0.0955. The van der Waals surface area contributed by atoms with E-state index in [0.717, 1.165) is 42.6 Å². The van der Waals surface area contributed by atoms with Crippen molar-refractivity contribution in [1.29, 1.82) is 0 Å². The van der Waals surface area contributed by atoms with Crippen LogP contribution in [0.2, 0.25) is 0 Å². The van der Waals surface area contributed by atoms with Crippen molar-refractivity contribution in [2.24, 2.45) is 5.10 Å². The molecule has 1 saturated carbocycles. The van der Waals surface area contributed by atoms with E-state index < -0.39 is 0 Å². The Morgan fingerprint density at radius 3 is 2.17 bits per heavy atom. The molecule has 3 aromatic rings. The normalized spacial score (nSPS) is 14.7. The highest BCUT2D eigenvalue weighted by Gasteiger charge is 2.18. The van der Waals surface area contributed by atoms with Crippen LogP contribution < -0.4 is 5.43 Å². The molecule has 0 radical (unpaired) electrons. The number of benzene rings is 2. The summed E-state index contributed by atoms with van der Waals surface area (Å²) in [7, 11) is 0. The summed E-state index contributed by atoms with van der Waals surface area (Å²) in [6, 6.07) is 19.6. The highest BCUT2D eigenvalue weighted by atomic mass is 16.2. The summed E-state index contributed by atoms with van der Waals surface area (Å²) in [5.41, 5.74) is 6.88. The Bertz CT molecular complexity index is 967. The minimum absolute atomic E-state index is 0.222. The molecule has 1 aliphatic carbocycles. The molecular weight excluding hydrogens is 360 g/mol. The summed E-state index contributed by atoms with van der Waals surface area (Å²) in [4.78, 5) is 13.0. The highest BCUT2D eigenvalue weighted by molar-refractivity contribution is 6.00. The van der Waals surface area contributed by atoms with Crippen LogP contribution in [0.1, 0.15) is 55.3 Å². The molecule has 1 aromatic heterocycles. The molecular formula is C24H26N4O. The first-order valence-corrected chi connectivity index (χ1v) is 10.4. The van der Waals surface area contributed by atoms with Crippen molar-refractivity contribution in [3.8, 4) is 16.9 Å². The van der Waals surface area contributed by atoms with Gasteiger partial charge in [-0.1, -0.05) is 67.8 Å². The number of hydrazone groups is 1. The predicted octanol–water partition coefficient (Wildman–Crippen LogP) is 5.37. The van der Waals surface area contributed by atoms with Crippen molar-refractivity contribution < 1.29 is 4.79 Å². The molecule has 4 rings (SSSR count). The Morgan fingerprint density at radius 2 is 1.48 bits per heavy atom. The molecule has 1 fully saturated rings. The summed E-state index contributed by atoms with van der Waals surface area (Å²) in [5.74, 6) is -0.222. The van der Waals surface area contributed by atoms with Crippen LogP contribution in [0.5, 0.6) is 0 Å². The fourth-order valence-electron chi connectivity index (χ4n) is 3.68. The SMILES string of the molecule is O=C(NN=C1CCCCCCC1)c1cn(-c2ccccc2)nc1-c1ccccc1. The van der Waals surface area contributed by atoms with Gasteiger partial charge >= 0.3 is 0 Å². The summed E-state index contributed by atoms with van der Waals surface area (Å²) in [6.07, 6.45) is 9.81. The molecule has 1 aliphatic rings. The number of para-hydroxylation sites is 1. The molecule has 5 heteroatoms. The van der Waals surface area contributed by atoms with Gasteiger partial charge in [0.15, 0.2) is 0 Å². The quantitative estimate of drug-likeness (QED) is 0.613. The maximum Gasteiger partial charge on any atom is 0.275 e. The third-order valence-electron chi connectivity index (χ3n) is 5.27. The molecule has 0 saturated heterocycles. The van der Waals surface area contributed by atoms with Crippen LogP contribution in [-0.2, 0) is 0 Å². The van der Waals surface area contributed by atoms with E-state index in [1.54, 1.807) is 10.9 Å². The van der Waals surface area contributed by atoms with E-state index in [1.807, 2.05) is 60.7 Å². The maximum atomic E-state index is 13.0. The molecule has 0 spiro atoms. The average Bonchev–Trinajstić information content (AvgIpc) is 3.20. The van der Waals surface area contributed by atoms with Gasteiger partial charge in [-0.3, -0.25) is 4.79 Å². The van der Waals surface area contributed by atoms with Gasteiger partial charge in [0.2, 0.25) is 0 Å². The van der Waals surface area contributed by atoms with Crippen LogP contribution in [0, 0.1) is 0 Å². The maximum absolute atomic E-state index is 13.0. The smallest absolute Gasteiger partial charge is 0.267 e. The Morgan fingerprint density at radius 1 is 0.862 bits per heavy atom. The van der Waals surface area contributed by atoms with Gasteiger partial charge < -0.3 is 0 Å². The Hall–Kier alpha value is -3.21. The zero-order chi connectivity index (χ0) is 19.9. The van der Waals surface area contributed by atoms with Crippen LogP contribution in [0.3, 0.4) is 0 Å². The first-order valence-electron chi connectivity index (χ1n) is 10.4. The zero-order valence-corrected chi connectivity index (χ0v) is 16.6. The molecule has 5 nitrogen and oxygen atoms in total. The molecule has 0 bridgehead atoms. The molecule has 2 aromatic carbocycles. The Kier molecular flexibility index (Phi) is 6.15. The number of hydrogen-bond donors (Lipinski definition) is 1. The summed E-state index contributed by atoms with van der Waals surface area (Å²) in [5, 5.41) is 9.16. The molecule has 0 unspecified atom stereocenters. The second-order valence-corrected chi connectivity index (χ2v) is 7.42. The fraction of sp³-hybridized carbons (Fsp3) is 0.292. The number of hydrogen-bond acceptors (Lipinski definition) is 3. The van der Waals surface area contributed by atoms with Crippen LogP contribution in [0.25, 0.3) is 16.9 Å². The van der Waals surface area contributed by atoms with E-state index in [9.17, 15) is 4.79 Å². The van der Waals surface area contributed by atoms with Crippen LogP contribution in [0.15, 0.2) is 72.0 Å². The lowest BCUT2D eigenvalue weighted by atomic mass is 9.99. The molecule has 1 amide bonds. The third-order valence-corrected chi connectivity index (χ3v) is 5.27. The molecule has 0 aliphatic heterocycles. The van der Waals surface area contributed by atoms with Gasteiger partial charge in [0.25, 0.3) is 5.91 Å². The van der Waals surface area contributed by atoms with E-state index in [4.69, 9.17) is 5.10 Å². The van der Waals surface area contributed by atoms with Gasteiger partial charge in [0, 0.05) is 17.5 Å². The number of nitrogens with one attached hydrogen (secondary N) is 1. The van der Waals surface area contributed by atoms with Gasteiger partial charge in [0.1, 0.15) is 5.69 Å². The standard InChI is InChI=1S/C24H26N4O/c29-24(26-25-20-14-8-2-1-3-9-15-20)22-18-28(21-16-10-5-11-17-21)27-23(22)19-12-6-4-7-13-19/h4-7,10-13,16-18H,1-3,8-9,14-15H2,(H,26,29). The Balaban J connectivity index is 1.62. The molecule has 1 heterocycles. The average molecular weight is 386 g/mol. The van der Waals surface area contributed by atoms with Crippen LogP contribution >= 0.6 is 0 Å². The number of carbonyl (C=O) groups excluding carboxylic acids is 1. The van der Waals surface area contributed by atoms with Gasteiger partial charge in [-0.2, -0.15) is 10.2 Å². The monoisotopic (exact) mass is 386 g/mol. The molecule has 148 valence electrons. The Labute approximate surface area is 171 Å². The predicted molar refractivity (Wildman–Crippen MR) is 116 cm³/mol. The van der Waals surface area contributed by atoms with E-state index >= 15 is 0 Å². The first-order chi connectivity index (χ1) is 14.3. The number of amides is 1. The number of carbonyl (C=O) groups is 1. The second-order valence-electron chi connectivity index (χ2n) is 7.42. The van der Waals surface area contributed by atoms with Gasteiger partial charge in [-0.05, 0) is 37.8 Å². The van der Waals surface area contributed by atoms with Crippen molar-refractivity contribution in [1.82, 2.24) is 15.2 Å². The van der Waals surface area contributed by atoms with E-state index in [-0.39, 0.29) is 5.91 Å². The van der Waals surface area contributed by atoms with Crippen LogP contribution in [0.4, 0.5) is 0 Å². The molecule has 1 N–H and O–H groups in total. The highest BCUT2D eigenvalue weighted by Crippen LogP contribution is 2.24. The van der Waals surface area contributed by atoms with Crippen molar-refractivity contribution in [3.05, 3.63) is 72.4 Å². The lowest BCUT2D eigenvalue weighted by Gasteiger charge is -2.11. The van der Waals surface area contributed by atoms with Gasteiger partial charge in [-0.25, -0.2) is 10.1 Å². The number of nitrogens with zero attached hydrogens (tertiary/aromatic N) is 3. The molecule has 0 atom stereocenters. The van der Waals surface area contributed by atoms with Crippen LogP contribution in [-0.4, -0.2) is 21.4 Å². The van der Waals surface area contributed by atoms with Crippen molar-refractivity contribution >= 4 is 11.6 Å². The number of aromatic nitrogens is 2. The fourth-order valence-corrected chi connectivity index (χ4v) is 3.68.